The number of thioether (sulfide) groups is 2. The highest BCUT2D eigenvalue weighted by Crippen LogP contribution is 2.25. The van der Waals surface area contributed by atoms with Gasteiger partial charge in [-0.3, -0.25) is 4.79 Å². The number of benzene rings is 1. The first-order valence-corrected chi connectivity index (χ1v) is 11.8. The van der Waals surface area contributed by atoms with Crippen LogP contribution in [0.3, 0.4) is 0 Å². The number of carbonyl (C=O) groups is 1. The third kappa shape index (κ3) is 5.88. The molecule has 1 aliphatic rings. The maximum atomic E-state index is 12.6. The van der Waals surface area contributed by atoms with Crippen LogP contribution in [0, 0.1) is 6.92 Å². The third-order valence-corrected chi connectivity index (χ3v) is 6.74. The molecule has 0 bridgehead atoms. The van der Waals surface area contributed by atoms with Crippen molar-refractivity contribution in [3.8, 4) is 0 Å². The largest absolute Gasteiger partial charge is 0.342 e. The van der Waals surface area contributed by atoms with Crippen LogP contribution < -0.4 is 0 Å². The van der Waals surface area contributed by atoms with Crippen LogP contribution in [0.4, 0.5) is 0 Å². The summed E-state index contributed by atoms with van der Waals surface area (Å²) in [5.74, 6) is 2.27. The number of aryl methyl sites for hydroxylation is 1. The first-order valence-electron chi connectivity index (χ1n) is 9.80. The van der Waals surface area contributed by atoms with E-state index in [2.05, 4.69) is 52.5 Å². The minimum atomic E-state index is 0.204. The number of nitrogens with zero attached hydrogens (tertiary/aromatic N) is 4. The van der Waals surface area contributed by atoms with Crippen LogP contribution in [0.5, 0.6) is 0 Å². The first kappa shape index (κ1) is 21.0. The van der Waals surface area contributed by atoms with E-state index in [4.69, 9.17) is 0 Å². The highest BCUT2D eigenvalue weighted by atomic mass is 32.2. The van der Waals surface area contributed by atoms with Crippen LogP contribution in [0.1, 0.15) is 37.1 Å². The van der Waals surface area contributed by atoms with Crippen molar-refractivity contribution in [3.63, 3.8) is 0 Å². The molecule has 1 amide bonds. The fourth-order valence-electron chi connectivity index (χ4n) is 3.17. The van der Waals surface area contributed by atoms with Crippen molar-refractivity contribution in [1.29, 1.82) is 0 Å². The summed E-state index contributed by atoms with van der Waals surface area (Å²) >= 11 is 3.22. The monoisotopic (exact) mass is 416 g/mol. The van der Waals surface area contributed by atoms with E-state index in [1.54, 1.807) is 11.8 Å². The molecule has 0 spiro atoms. The molecule has 0 saturated carbocycles. The maximum absolute atomic E-state index is 12.6. The highest BCUT2D eigenvalue weighted by Gasteiger charge is 2.18. The molecule has 150 valence electrons. The van der Waals surface area contributed by atoms with Crippen LogP contribution >= 0.6 is 23.5 Å². The molecule has 1 saturated heterocycles. The van der Waals surface area contributed by atoms with E-state index in [1.807, 2.05) is 11.0 Å². The van der Waals surface area contributed by atoms with Crippen LogP contribution in [0.25, 0.3) is 0 Å². The normalized spacial score (nSPS) is 14.7. The topological polar surface area (TPSA) is 51.0 Å². The highest BCUT2D eigenvalue weighted by molar-refractivity contribution is 7.99. The molecule has 3 rings (SSSR count). The van der Waals surface area contributed by atoms with Crippen LogP contribution in [-0.4, -0.2) is 44.4 Å². The Hall–Kier alpha value is -1.73. The Morgan fingerprint density at radius 2 is 1.82 bits per heavy atom. The van der Waals surface area contributed by atoms with Gasteiger partial charge in [0.15, 0.2) is 5.16 Å². The molecule has 1 fully saturated rings. The Morgan fingerprint density at radius 3 is 2.50 bits per heavy atom. The van der Waals surface area contributed by atoms with Crippen molar-refractivity contribution in [3.05, 3.63) is 48.3 Å². The molecule has 2 aromatic rings. The standard InChI is InChI=1S/C21H28N4OS2/c1-3-12-25-19(15-27-18-10-8-17(2)9-11-18)22-23-21(25)28-16-20(26)24-13-6-4-5-7-14-24/h3,8-11H,1,4-7,12-16H2,2H3. The Bertz CT molecular complexity index is 780. The van der Waals surface area contributed by atoms with Crippen molar-refractivity contribution in [2.45, 2.75) is 55.0 Å². The summed E-state index contributed by atoms with van der Waals surface area (Å²) in [5, 5.41) is 9.51. The molecule has 0 aliphatic carbocycles. The van der Waals surface area contributed by atoms with Gasteiger partial charge in [-0.1, -0.05) is 48.4 Å². The van der Waals surface area contributed by atoms with Gasteiger partial charge in [0.2, 0.25) is 5.91 Å². The zero-order chi connectivity index (χ0) is 19.8. The smallest absolute Gasteiger partial charge is 0.233 e. The molecule has 2 heterocycles. The number of rotatable bonds is 8. The zero-order valence-corrected chi connectivity index (χ0v) is 18.1. The van der Waals surface area contributed by atoms with Crippen LogP contribution in [-0.2, 0) is 17.1 Å². The van der Waals surface area contributed by atoms with Crippen LogP contribution in [0.15, 0.2) is 47.0 Å². The molecule has 1 aliphatic heterocycles. The third-order valence-electron chi connectivity index (χ3n) is 4.78. The van der Waals surface area contributed by atoms with Crippen molar-refractivity contribution >= 4 is 29.4 Å². The second-order valence-corrected chi connectivity index (χ2v) is 8.97. The molecule has 0 N–H and O–H groups in total. The second kappa shape index (κ2) is 10.7. The molecule has 28 heavy (non-hydrogen) atoms. The van der Waals surface area contributed by atoms with E-state index in [0.29, 0.717) is 12.3 Å². The van der Waals surface area contributed by atoms with Crippen molar-refractivity contribution in [2.24, 2.45) is 0 Å². The Morgan fingerprint density at radius 1 is 1.11 bits per heavy atom. The Labute approximate surface area is 176 Å². The van der Waals surface area contributed by atoms with E-state index in [0.717, 1.165) is 42.7 Å². The van der Waals surface area contributed by atoms with Gasteiger partial charge in [0, 0.05) is 24.5 Å². The summed E-state index contributed by atoms with van der Waals surface area (Å²) in [4.78, 5) is 15.8. The van der Waals surface area contributed by atoms with Gasteiger partial charge < -0.3 is 9.47 Å². The average molecular weight is 417 g/mol. The molecule has 5 nitrogen and oxygen atoms in total. The number of likely N-dealkylation sites (tertiary alicyclic amines) is 1. The van der Waals surface area contributed by atoms with Crippen LogP contribution in [0.2, 0.25) is 0 Å². The summed E-state index contributed by atoms with van der Waals surface area (Å²) in [5.41, 5.74) is 1.26. The minimum Gasteiger partial charge on any atom is -0.342 e. The lowest BCUT2D eigenvalue weighted by atomic mass is 10.2. The summed E-state index contributed by atoms with van der Waals surface area (Å²) in [6.45, 7) is 8.37. The lowest BCUT2D eigenvalue weighted by molar-refractivity contribution is -0.128. The lowest BCUT2D eigenvalue weighted by Crippen LogP contribution is -2.33. The van der Waals surface area contributed by atoms with Gasteiger partial charge in [-0.05, 0) is 31.9 Å². The SMILES string of the molecule is C=CCn1c(CSc2ccc(C)cc2)nnc1SCC(=O)N1CCCCCC1. The fraction of sp³-hybridized carbons (Fsp3) is 0.476. The van der Waals surface area contributed by atoms with E-state index >= 15 is 0 Å². The summed E-state index contributed by atoms with van der Waals surface area (Å²) in [6.07, 6.45) is 6.54. The number of carbonyl (C=O) groups excluding carboxylic acids is 1. The van der Waals surface area contributed by atoms with E-state index in [9.17, 15) is 4.79 Å². The van der Waals surface area contributed by atoms with Gasteiger partial charge >= 0.3 is 0 Å². The van der Waals surface area contributed by atoms with Gasteiger partial charge in [-0.15, -0.1) is 28.5 Å². The predicted octanol–water partition coefficient (Wildman–Crippen LogP) is 4.56. The first-order chi connectivity index (χ1) is 13.7. The average Bonchev–Trinajstić information content (AvgIpc) is 2.90. The molecule has 0 unspecified atom stereocenters. The second-order valence-electron chi connectivity index (χ2n) is 6.98. The number of aromatic nitrogens is 3. The number of amides is 1. The quantitative estimate of drug-likeness (QED) is 0.466. The Kier molecular flexibility index (Phi) is 8.03. The van der Waals surface area contributed by atoms with Crippen molar-refractivity contribution in [1.82, 2.24) is 19.7 Å². The lowest BCUT2D eigenvalue weighted by Gasteiger charge is -2.19. The van der Waals surface area contributed by atoms with Crippen molar-refractivity contribution < 1.29 is 4.79 Å². The molecule has 0 atom stereocenters. The maximum Gasteiger partial charge on any atom is 0.233 e. The van der Waals surface area contributed by atoms with Gasteiger partial charge in [-0.2, -0.15) is 0 Å². The van der Waals surface area contributed by atoms with Gasteiger partial charge in [0.05, 0.1) is 11.5 Å². The molecular weight excluding hydrogens is 388 g/mol. The predicted molar refractivity (Wildman–Crippen MR) is 117 cm³/mol. The van der Waals surface area contributed by atoms with E-state index in [-0.39, 0.29) is 5.91 Å². The Balaban J connectivity index is 1.60. The van der Waals surface area contributed by atoms with E-state index < -0.39 is 0 Å². The molecule has 1 aromatic heterocycles. The van der Waals surface area contributed by atoms with Gasteiger partial charge in [0.25, 0.3) is 0 Å². The van der Waals surface area contributed by atoms with E-state index in [1.165, 1.54) is 35.1 Å². The summed E-state index contributed by atoms with van der Waals surface area (Å²) in [6, 6.07) is 8.49. The summed E-state index contributed by atoms with van der Waals surface area (Å²) < 4.78 is 2.06. The number of allylic oxidation sites excluding steroid dienone is 1. The van der Waals surface area contributed by atoms with Crippen molar-refractivity contribution in [2.75, 3.05) is 18.8 Å². The zero-order valence-electron chi connectivity index (χ0n) is 16.5. The summed E-state index contributed by atoms with van der Waals surface area (Å²) in [7, 11) is 0. The molecule has 0 radical (unpaired) electrons. The van der Waals surface area contributed by atoms with Gasteiger partial charge in [0.1, 0.15) is 5.82 Å². The number of hydrogen-bond acceptors (Lipinski definition) is 5. The molecular formula is C21H28N4OS2. The molecule has 1 aromatic carbocycles. The molecule has 7 heteroatoms. The van der Waals surface area contributed by atoms with Gasteiger partial charge in [-0.25, -0.2) is 0 Å². The number of hydrogen-bond donors (Lipinski definition) is 0. The minimum absolute atomic E-state index is 0.204. The fourth-order valence-corrected chi connectivity index (χ4v) is 4.87.